The SMILES string of the molecule is CCc1ccc(OC)c(C(=O)N2CCN(C(=O)NC3CCCC3)CC2)c1. The highest BCUT2D eigenvalue weighted by atomic mass is 16.5. The van der Waals surface area contributed by atoms with Crippen LogP contribution in [-0.2, 0) is 6.42 Å². The first-order valence-corrected chi connectivity index (χ1v) is 9.64. The Morgan fingerprint density at radius 1 is 1.12 bits per heavy atom. The summed E-state index contributed by atoms with van der Waals surface area (Å²) in [6.45, 7) is 4.31. The van der Waals surface area contributed by atoms with E-state index in [2.05, 4.69) is 12.2 Å². The average Bonchev–Trinajstić information content (AvgIpc) is 3.20. The lowest BCUT2D eigenvalue weighted by molar-refractivity contribution is 0.0660. The smallest absolute Gasteiger partial charge is 0.317 e. The fourth-order valence-electron chi connectivity index (χ4n) is 3.76. The lowest BCUT2D eigenvalue weighted by atomic mass is 10.1. The van der Waals surface area contributed by atoms with Crippen molar-refractivity contribution >= 4 is 11.9 Å². The highest BCUT2D eigenvalue weighted by Crippen LogP contribution is 2.23. The molecule has 1 N–H and O–H groups in total. The van der Waals surface area contributed by atoms with Crippen LogP contribution in [-0.4, -0.2) is 61.1 Å². The summed E-state index contributed by atoms with van der Waals surface area (Å²) in [6.07, 6.45) is 5.44. The van der Waals surface area contributed by atoms with E-state index in [9.17, 15) is 9.59 Å². The molecule has 0 spiro atoms. The minimum atomic E-state index is -0.0204. The van der Waals surface area contributed by atoms with E-state index in [4.69, 9.17) is 4.74 Å². The maximum atomic E-state index is 12.9. The fourth-order valence-corrected chi connectivity index (χ4v) is 3.76. The summed E-state index contributed by atoms with van der Waals surface area (Å²) in [5.41, 5.74) is 1.72. The van der Waals surface area contributed by atoms with Crippen molar-refractivity contribution in [2.75, 3.05) is 33.3 Å². The van der Waals surface area contributed by atoms with Crippen molar-refractivity contribution < 1.29 is 14.3 Å². The molecule has 142 valence electrons. The molecule has 0 atom stereocenters. The Kier molecular flexibility index (Phi) is 6.01. The largest absolute Gasteiger partial charge is 0.496 e. The van der Waals surface area contributed by atoms with Gasteiger partial charge in [-0.2, -0.15) is 0 Å². The van der Waals surface area contributed by atoms with Gasteiger partial charge in [0.2, 0.25) is 0 Å². The number of benzene rings is 1. The number of aryl methyl sites for hydroxylation is 1. The van der Waals surface area contributed by atoms with Crippen molar-refractivity contribution in [1.29, 1.82) is 0 Å². The van der Waals surface area contributed by atoms with Crippen LogP contribution >= 0.6 is 0 Å². The van der Waals surface area contributed by atoms with Gasteiger partial charge in [0.15, 0.2) is 0 Å². The quantitative estimate of drug-likeness (QED) is 0.899. The molecule has 1 aromatic carbocycles. The van der Waals surface area contributed by atoms with Gasteiger partial charge in [0, 0.05) is 32.2 Å². The van der Waals surface area contributed by atoms with Gasteiger partial charge in [-0.05, 0) is 37.0 Å². The van der Waals surface area contributed by atoms with Crippen LogP contribution in [0.5, 0.6) is 5.75 Å². The molecule has 1 aliphatic heterocycles. The number of ether oxygens (including phenoxy) is 1. The molecule has 1 aromatic rings. The van der Waals surface area contributed by atoms with E-state index in [1.165, 1.54) is 12.8 Å². The minimum absolute atomic E-state index is 0.00885. The van der Waals surface area contributed by atoms with Gasteiger partial charge >= 0.3 is 6.03 Å². The third-order valence-electron chi connectivity index (χ3n) is 5.44. The highest BCUT2D eigenvalue weighted by Gasteiger charge is 2.28. The van der Waals surface area contributed by atoms with Gasteiger partial charge in [-0.25, -0.2) is 4.79 Å². The molecule has 26 heavy (non-hydrogen) atoms. The Morgan fingerprint density at radius 3 is 2.38 bits per heavy atom. The van der Waals surface area contributed by atoms with Crippen LogP contribution in [0.2, 0.25) is 0 Å². The molecule has 1 saturated carbocycles. The van der Waals surface area contributed by atoms with Crippen molar-refractivity contribution in [2.24, 2.45) is 0 Å². The van der Waals surface area contributed by atoms with Gasteiger partial charge in [-0.15, -0.1) is 0 Å². The molecule has 2 aliphatic rings. The Balaban J connectivity index is 1.59. The minimum Gasteiger partial charge on any atom is -0.496 e. The summed E-state index contributed by atoms with van der Waals surface area (Å²) in [6, 6.07) is 6.09. The van der Waals surface area contributed by atoms with E-state index in [0.29, 0.717) is 43.5 Å². The number of hydrogen-bond donors (Lipinski definition) is 1. The first-order chi connectivity index (χ1) is 12.6. The summed E-state index contributed by atoms with van der Waals surface area (Å²) >= 11 is 0. The number of hydrogen-bond acceptors (Lipinski definition) is 3. The molecular weight excluding hydrogens is 330 g/mol. The lowest BCUT2D eigenvalue weighted by Gasteiger charge is -2.35. The molecule has 0 bridgehead atoms. The van der Waals surface area contributed by atoms with Crippen molar-refractivity contribution in [3.05, 3.63) is 29.3 Å². The average molecular weight is 359 g/mol. The van der Waals surface area contributed by atoms with Gasteiger partial charge in [-0.3, -0.25) is 4.79 Å². The van der Waals surface area contributed by atoms with E-state index < -0.39 is 0 Å². The molecule has 0 radical (unpaired) electrons. The Labute approximate surface area is 155 Å². The number of carbonyl (C=O) groups excluding carboxylic acids is 2. The van der Waals surface area contributed by atoms with Gasteiger partial charge in [0.25, 0.3) is 5.91 Å². The zero-order valence-corrected chi connectivity index (χ0v) is 15.8. The zero-order valence-electron chi connectivity index (χ0n) is 15.8. The van der Waals surface area contributed by atoms with E-state index in [1.54, 1.807) is 7.11 Å². The van der Waals surface area contributed by atoms with Crippen LogP contribution in [0.4, 0.5) is 4.79 Å². The van der Waals surface area contributed by atoms with Crippen molar-refractivity contribution in [3.63, 3.8) is 0 Å². The number of piperazine rings is 1. The van der Waals surface area contributed by atoms with Gasteiger partial charge in [0.05, 0.1) is 12.7 Å². The van der Waals surface area contributed by atoms with E-state index in [1.807, 2.05) is 28.0 Å². The maximum Gasteiger partial charge on any atom is 0.317 e. The first kappa shape index (κ1) is 18.5. The van der Waals surface area contributed by atoms with Crippen LogP contribution < -0.4 is 10.1 Å². The number of methoxy groups -OCH3 is 1. The highest BCUT2D eigenvalue weighted by molar-refractivity contribution is 5.97. The molecule has 1 saturated heterocycles. The zero-order chi connectivity index (χ0) is 18.5. The van der Waals surface area contributed by atoms with Crippen LogP contribution in [0.3, 0.4) is 0 Å². The van der Waals surface area contributed by atoms with E-state index in [-0.39, 0.29) is 11.9 Å². The monoisotopic (exact) mass is 359 g/mol. The molecule has 3 amide bonds. The normalized spacial score (nSPS) is 18.1. The molecule has 0 unspecified atom stereocenters. The molecule has 6 nitrogen and oxygen atoms in total. The standard InChI is InChI=1S/C20H29N3O3/c1-3-15-8-9-18(26-2)17(14-15)19(24)22-10-12-23(13-11-22)20(25)21-16-6-4-5-7-16/h8-9,14,16H,3-7,10-13H2,1-2H3,(H,21,25). The predicted octanol–water partition coefficient (Wildman–Crippen LogP) is 2.67. The molecule has 1 aliphatic carbocycles. The summed E-state index contributed by atoms with van der Waals surface area (Å²) in [5.74, 6) is 0.585. The second kappa shape index (κ2) is 8.43. The maximum absolute atomic E-state index is 12.9. The molecule has 1 heterocycles. The summed E-state index contributed by atoms with van der Waals surface area (Å²) in [4.78, 5) is 28.9. The molecule has 2 fully saturated rings. The molecule has 6 heteroatoms. The Bertz CT molecular complexity index is 648. The number of carbonyl (C=O) groups is 2. The first-order valence-electron chi connectivity index (χ1n) is 9.64. The predicted molar refractivity (Wildman–Crippen MR) is 101 cm³/mol. The lowest BCUT2D eigenvalue weighted by Crippen LogP contribution is -2.54. The van der Waals surface area contributed by atoms with Gasteiger partial charge < -0.3 is 19.9 Å². The Hall–Kier alpha value is -2.24. The van der Waals surface area contributed by atoms with E-state index >= 15 is 0 Å². The van der Waals surface area contributed by atoms with Crippen LogP contribution in [0.25, 0.3) is 0 Å². The molecular formula is C20H29N3O3. The summed E-state index contributed by atoms with van der Waals surface area (Å²) in [5, 5.41) is 3.12. The van der Waals surface area contributed by atoms with Gasteiger partial charge in [-0.1, -0.05) is 25.8 Å². The summed E-state index contributed by atoms with van der Waals surface area (Å²) < 4.78 is 5.37. The van der Waals surface area contributed by atoms with Crippen LogP contribution in [0.15, 0.2) is 18.2 Å². The van der Waals surface area contributed by atoms with Crippen LogP contribution in [0, 0.1) is 0 Å². The third-order valence-corrected chi connectivity index (χ3v) is 5.44. The van der Waals surface area contributed by atoms with Crippen LogP contribution in [0.1, 0.15) is 48.5 Å². The van der Waals surface area contributed by atoms with Crippen molar-refractivity contribution in [3.8, 4) is 5.75 Å². The Morgan fingerprint density at radius 2 is 1.77 bits per heavy atom. The molecule has 0 aromatic heterocycles. The van der Waals surface area contributed by atoms with Crippen molar-refractivity contribution in [1.82, 2.24) is 15.1 Å². The number of rotatable bonds is 4. The number of nitrogens with one attached hydrogen (secondary N) is 1. The third kappa shape index (κ3) is 4.11. The van der Waals surface area contributed by atoms with E-state index in [0.717, 1.165) is 24.8 Å². The van der Waals surface area contributed by atoms with Gasteiger partial charge in [0.1, 0.15) is 5.75 Å². The van der Waals surface area contributed by atoms with Crippen molar-refractivity contribution in [2.45, 2.75) is 45.1 Å². The number of amides is 3. The topological polar surface area (TPSA) is 61.9 Å². The number of urea groups is 1. The second-order valence-electron chi connectivity index (χ2n) is 7.10. The number of nitrogens with zero attached hydrogens (tertiary/aromatic N) is 2. The molecule has 3 rings (SSSR count). The fraction of sp³-hybridized carbons (Fsp3) is 0.600. The summed E-state index contributed by atoms with van der Waals surface area (Å²) in [7, 11) is 1.59. The second-order valence-corrected chi connectivity index (χ2v) is 7.10.